The molecule has 0 aromatic heterocycles. The highest BCUT2D eigenvalue weighted by Crippen LogP contribution is 2.39. The summed E-state index contributed by atoms with van der Waals surface area (Å²) in [6.45, 7) is 0. The summed E-state index contributed by atoms with van der Waals surface area (Å²) in [6.07, 6.45) is 1.72. The first-order valence-electron chi connectivity index (χ1n) is 7.99. The molecule has 0 bridgehead atoms. The maximum absolute atomic E-state index is 12.3. The number of halogens is 2. The van der Waals surface area contributed by atoms with Crippen LogP contribution in [-0.4, -0.2) is 32.4 Å². The number of carbonyl (C=O) groups is 1. The number of carbonyl (C=O) groups excluding carboxylic acids is 1. The number of thioether (sulfide) groups is 1. The van der Waals surface area contributed by atoms with Crippen LogP contribution in [0, 0.1) is 0 Å². The predicted molar refractivity (Wildman–Crippen MR) is 113 cm³/mol. The summed E-state index contributed by atoms with van der Waals surface area (Å²) >= 11 is 13.2. The van der Waals surface area contributed by atoms with Crippen LogP contribution >= 0.6 is 35.0 Å². The quantitative estimate of drug-likeness (QED) is 0.671. The van der Waals surface area contributed by atoms with Gasteiger partial charge in [0.2, 0.25) is 5.75 Å². The fourth-order valence-corrected chi connectivity index (χ4v) is 3.78. The number of amidine groups is 1. The Morgan fingerprint density at radius 2 is 1.71 bits per heavy atom. The second kappa shape index (κ2) is 8.77. The smallest absolute Gasteiger partial charge is 0.264 e. The Bertz CT molecular complexity index is 967. The van der Waals surface area contributed by atoms with Gasteiger partial charge in [0.15, 0.2) is 16.7 Å². The van der Waals surface area contributed by atoms with Crippen molar-refractivity contribution < 1.29 is 19.0 Å². The summed E-state index contributed by atoms with van der Waals surface area (Å²) in [5.41, 5.74) is 1.24. The summed E-state index contributed by atoms with van der Waals surface area (Å²) in [7, 11) is 4.60. The van der Waals surface area contributed by atoms with Crippen LogP contribution in [0.15, 0.2) is 40.2 Å². The van der Waals surface area contributed by atoms with E-state index < -0.39 is 0 Å². The van der Waals surface area contributed by atoms with E-state index in [4.69, 9.17) is 37.4 Å². The Morgan fingerprint density at radius 1 is 1.04 bits per heavy atom. The molecule has 28 heavy (non-hydrogen) atoms. The van der Waals surface area contributed by atoms with E-state index >= 15 is 0 Å². The third-order valence-corrected chi connectivity index (χ3v) is 5.22. The van der Waals surface area contributed by atoms with Crippen molar-refractivity contribution in [2.45, 2.75) is 0 Å². The van der Waals surface area contributed by atoms with Crippen LogP contribution < -0.4 is 19.5 Å². The molecule has 2 aromatic rings. The second-order valence-electron chi connectivity index (χ2n) is 5.54. The average Bonchev–Trinajstić information content (AvgIpc) is 3.02. The molecule has 0 radical (unpaired) electrons. The number of methoxy groups -OCH3 is 3. The van der Waals surface area contributed by atoms with Crippen molar-refractivity contribution in [2.75, 3.05) is 21.3 Å². The molecule has 3 rings (SSSR count). The summed E-state index contributed by atoms with van der Waals surface area (Å²) in [5, 5.41) is 4.06. The number of aliphatic imine (C=N–C) groups is 1. The molecule has 1 aliphatic heterocycles. The Morgan fingerprint density at radius 3 is 2.29 bits per heavy atom. The maximum atomic E-state index is 12.3. The lowest BCUT2D eigenvalue weighted by Gasteiger charge is -2.12. The molecular formula is C19H16Cl2N2O4S. The molecule has 6 nitrogen and oxygen atoms in total. The minimum absolute atomic E-state index is 0.261. The number of amides is 1. The van der Waals surface area contributed by atoms with Crippen LogP contribution in [0.5, 0.6) is 17.2 Å². The molecule has 1 heterocycles. The van der Waals surface area contributed by atoms with Crippen molar-refractivity contribution in [1.82, 2.24) is 5.32 Å². The van der Waals surface area contributed by atoms with Crippen molar-refractivity contribution in [3.63, 3.8) is 0 Å². The fourth-order valence-electron chi connectivity index (χ4n) is 2.50. The van der Waals surface area contributed by atoms with Crippen LogP contribution in [0.2, 0.25) is 10.0 Å². The number of hydrogen-bond acceptors (Lipinski definition) is 6. The zero-order valence-corrected chi connectivity index (χ0v) is 17.5. The first-order valence-corrected chi connectivity index (χ1v) is 9.57. The van der Waals surface area contributed by atoms with E-state index in [1.165, 1.54) is 33.1 Å². The number of rotatable bonds is 5. The molecule has 0 saturated carbocycles. The van der Waals surface area contributed by atoms with E-state index in [9.17, 15) is 4.79 Å². The number of hydrogen-bond donors (Lipinski definition) is 1. The molecule has 146 valence electrons. The normalized spacial score (nSPS) is 16.4. The van der Waals surface area contributed by atoms with Gasteiger partial charge in [0.1, 0.15) is 0 Å². The van der Waals surface area contributed by atoms with Gasteiger partial charge in [0.25, 0.3) is 5.91 Å². The van der Waals surface area contributed by atoms with Gasteiger partial charge in [-0.3, -0.25) is 4.79 Å². The third kappa shape index (κ3) is 4.38. The molecular weight excluding hydrogens is 423 g/mol. The minimum atomic E-state index is -0.261. The highest BCUT2D eigenvalue weighted by Gasteiger charge is 2.24. The maximum Gasteiger partial charge on any atom is 0.264 e. The van der Waals surface area contributed by atoms with Crippen molar-refractivity contribution in [2.24, 2.45) is 4.99 Å². The van der Waals surface area contributed by atoms with Gasteiger partial charge < -0.3 is 19.5 Å². The molecule has 1 amide bonds. The summed E-state index contributed by atoms with van der Waals surface area (Å²) in [5.74, 6) is 1.22. The summed E-state index contributed by atoms with van der Waals surface area (Å²) in [6, 6.07) is 8.48. The van der Waals surface area contributed by atoms with Crippen LogP contribution in [0.4, 0.5) is 5.69 Å². The lowest BCUT2D eigenvalue weighted by Crippen LogP contribution is -2.19. The van der Waals surface area contributed by atoms with Gasteiger partial charge in [-0.15, -0.1) is 0 Å². The van der Waals surface area contributed by atoms with E-state index in [1.54, 1.807) is 36.4 Å². The Hall–Kier alpha value is -2.35. The third-order valence-electron chi connectivity index (χ3n) is 3.77. The zero-order valence-electron chi connectivity index (χ0n) is 15.2. The van der Waals surface area contributed by atoms with Crippen molar-refractivity contribution in [3.8, 4) is 17.2 Å². The number of nitrogens with zero attached hydrogens (tertiary/aromatic N) is 1. The second-order valence-corrected chi connectivity index (χ2v) is 7.41. The van der Waals surface area contributed by atoms with Gasteiger partial charge in [0, 0.05) is 5.02 Å². The summed E-state index contributed by atoms with van der Waals surface area (Å²) in [4.78, 5) is 17.2. The number of benzene rings is 2. The SMILES string of the molecule is COc1cc(C=C2SC(=Nc3ccc(Cl)cc3Cl)NC2=O)cc(OC)c1OC. The van der Waals surface area contributed by atoms with Crippen molar-refractivity contribution in [3.05, 3.63) is 50.8 Å². The monoisotopic (exact) mass is 438 g/mol. The molecule has 0 aliphatic carbocycles. The zero-order chi connectivity index (χ0) is 20.3. The van der Waals surface area contributed by atoms with E-state index in [2.05, 4.69) is 10.3 Å². The van der Waals surface area contributed by atoms with Gasteiger partial charge in [0.05, 0.1) is 36.9 Å². The van der Waals surface area contributed by atoms with Gasteiger partial charge >= 0.3 is 0 Å². The lowest BCUT2D eigenvalue weighted by atomic mass is 10.1. The van der Waals surface area contributed by atoms with E-state index in [1.807, 2.05) is 0 Å². The van der Waals surface area contributed by atoms with Gasteiger partial charge in [-0.05, 0) is 53.7 Å². The van der Waals surface area contributed by atoms with Crippen LogP contribution in [-0.2, 0) is 4.79 Å². The molecule has 1 N–H and O–H groups in total. The van der Waals surface area contributed by atoms with Crippen molar-refractivity contribution in [1.29, 1.82) is 0 Å². The van der Waals surface area contributed by atoms with Crippen LogP contribution in [0.1, 0.15) is 5.56 Å². The number of nitrogens with one attached hydrogen (secondary N) is 1. The highest BCUT2D eigenvalue weighted by molar-refractivity contribution is 8.18. The molecule has 1 aliphatic rings. The van der Waals surface area contributed by atoms with Crippen molar-refractivity contribution >= 4 is 57.8 Å². The molecule has 1 saturated heterocycles. The number of ether oxygens (including phenoxy) is 3. The average molecular weight is 439 g/mol. The fraction of sp³-hybridized carbons (Fsp3) is 0.158. The molecule has 0 atom stereocenters. The van der Waals surface area contributed by atoms with E-state index in [-0.39, 0.29) is 5.91 Å². The molecule has 0 spiro atoms. The Balaban J connectivity index is 1.91. The van der Waals surface area contributed by atoms with Gasteiger partial charge in [-0.2, -0.15) is 0 Å². The molecule has 0 unspecified atom stereocenters. The predicted octanol–water partition coefficient (Wildman–Crippen LogP) is 4.91. The van der Waals surface area contributed by atoms with Gasteiger partial charge in [-0.1, -0.05) is 23.2 Å². The minimum Gasteiger partial charge on any atom is -0.493 e. The highest BCUT2D eigenvalue weighted by atomic mass is 35.5. The molecule has 2 aromatic carbocycles. The van der Waals surface area contributed by atoms with Gasteiger partial charge in [-0.25, -0.2) is 4.99 Å². The van der Waals surface area contributed by atoms with E-state index in [0.29, 0.717) is 43.1 Å². The Labute approximate surface area is 176 Å². The van der Waals surface area contributed by atoms with Crippen LogP contribution in [0.25, 0.3) is 6.08 Å². The first-order chi connectivity index (χ1) is 13.4. The lowest BCUT2D eigenvalue weighted by molar-refractivity contribution is -0.115. The molecule has 1 fully saturated rings. The molecule has 9 heteroatoms. The topological polar surface area (TPSA) is 69.2 Å². The largest absolute Gasteiger partial charge is 0.493 e. The first kappa shape index (κ1) is 20.4. The summed E-state index contributed by atoms with van der Waals surface area (Å²) < 4.78 is 16.0. The van der Waals surface area contributed by atoms with Crippen LogP contribution in [0.3, 0.4) is 0 Å². The standard InChI is InChI=1S/C19H16Cl2N2O4S/c1-25-14-6-10(7-15(26-2)17(14)27-3)8-16-18(24)23-19(28-16)22-13-5-4-11(20)9-12(13)21/h4-9H,1-3H3,(H,22,23,24). The van der Waals surface area contributed by atoms with E-state index in [0.717, 1.165) is 5.56 Å². The Kier molecular flexibility index (Phi) is 6.39.